The standard InChI is InChI=1S/C23H30N2O4/c1-4-21(23(27)24-2)25(17-18-12-14-19(28-3)15-13-18)22(26)11-8-16-29-20-9-6-5-7-10-20/h5-7,9-10,12-15,21H,4,8,11,16-17H2,1-3H3,(H,24,27)/t21-/m0/s1. The molecule has 0 saturated heterocycles. The Labute approximate surface area is 172 Å². The fourth-order valence-electron chi connectivity index (χ4n) is 3.09. The number of nitrogens with zero attached hydrogens (tertiary/aromatic N) is 1. The maximum Gasteiger partial charge on any atom is 0.242 e. The zero-order valence-electron chi connectivity index (χ0n) is 17.4. The highest BCUT2D eigenvalue weighted by Crippen LogP contribution is 2.17. The molecule has 0 aromatic heterocycles. The normalized spacial score (nSPS) is 11.4. The molecule has 2 aromatic rings. The minimum absolute atomic E-state index is 0.0621. The van der Waals surface area contributed by atoms with E-state index in [9.17, 15) is 9.59 Å². The number of benzene rings is 2. The second-order valence-electron chi connectivity index (χ2n) is 6.67. The van der Waals surface area contributed by atoms with E-state index in [1.54, 1.807) is 19.1 Å². The number of nitrogens with one attached hydrogen (secondary N) is 1. The van der Waals surface area contributed by atoms with Crippen LogP contribution in [0.2, 0.25) is 0 Å². The van der Waals surface area contributed by atoms with Crippen LogP contribution in [0.4, 0.5) is 0 Å². The van der Waals surface area contributed by atoms with Crippen LogP contribution in [0, 0.1) is 0 Å². The number of rotatable bonds is 11. The zero-order valence-corrected chi connectivity index (χ0v) is 17.4. The van der Waals surface area contributed by atoms with E-state index >= 15 is 0 Å². The first-order chi connectivity index (χ1) is 14.1. The molecule has 156 valence electrons. The second-order valence-corrected chi connectivity index (χ2v) is 6.67. The summed E-state index contributed by atoms with van der Waals surface area (Å²) in [4.78, 5) is 27.0. The third-order valence-corrected chi connectivity index (χ3v) is 4.69. The second kappa shape index (κ2) is 11.7. The van der Waals surface area contributed by atoms with Crippen molar-refractivity contribution in [1.29, 1.82) is 0 Å². The molecule has 29 heavy (non-hydrogen) atoms. The van der Waals surface area contributed by atoms with Gasteiger partial charge in [-0.15, -0.1) is 0 Å². The first-order valence-corrected chi connectivity index (χ1v) is 9.90. The van der Waals surface area contributed by atoms with E-state index in [4.69, 9.17) is 9.47 Å². The molecule has 0 aliphatic rings. The summed E-state index contributed by atoms with van der Waals surface area (Å²) in [5.41, 5.74) is 0.946. The van der Waals surface area contributed by atoms with Gasteiger partial charge >= 0.3 is 0 Å². The van der Waals surface area contributed by atoms with Crippen LogP contribution in [0.25, 0.3) is 0 Å². The van der Waals surface area contributed by atoms with Gasteiger partial charge in [0, 0.05) is 20.0 Å². The van der Waals surface area contributed by atoms with Gasteiger partial charge in [-0.05, 0) is 42.7 Å². The van der Waals surface area contributed by atoms with E-state index in [1.807, 2.05) is 61.5 Å². The number of methoxy groups -OCH3 is 1. The van der Waals surface area contributed by atoms with Crippen LogP contribution in [-0.4, -0.2) is 43.5 Å². The maximum absolute atomic E-state index is 13.0. The van der Waals surface area contributed by atoms with Crippen LogP contribution in [0.3, 0.4) is 0 Å². The molecule has 2 aromatic carbocycles. The van der Waals surface area contributed by atoms with Crippen molar-refractivity contribution in [3.8, 4) is 11.5 Å². The summed E-state index contributed by atoms with van der Waals surface area (Å²) in [5.74, 6) is 1.32. The predicted octanol–water partition coefficient (Wildman–Crippen LogP) is 3.41. The van der Waals surface area contributed by atoms with Gasteiger partial charge in [0.15, 0.2) is 0 Å². The molecule has 0 radical (unpaired) electrons. The van der Waals surface area contributed by atoms with Crippen molar-refractivity contribution >= 4 is 11.8 Å². The largest absolute Gasteiger partial charge is 0.497 e. The van der Waals surface area contributed by atoms with Crippen LogP contribution < -0.4 is 14.8 Å². The fourth-order valence-corrected chi connectivity index (χ4v) is 3.09. The van der Waals surface area contributed by atoms with E-state index < -0.39 is 6.04 Å². The van der Waals surface area contributed by atoms with Gasteiger partial charge in [0.05, 0.1) is 13.7 Å². The quantitative estimate of drug-likeness (QED) is 0.589. The van der Waals surface area contributed by atoms with Crippen molar-refractivity contribution in [3.63, 3.8) is 0 Å². The first-order valence-electron chi connectivity index (χ1n) is 9.90. The summed E-state index contributed by atoms with van der Waals surface area (Å²) in [7, 11) is 3.20. The van der Waals surface area contributed by atoms with Gasteiger partial charge in [0.25, 0.3) is 0 Å². The Morgan fingerprint density at radius 3 is 2.31 bits per heavy atom. The number of para-hydroxylation sites is 1. The van der Waals surface area contributed by atoms with Crippen LogP contribution in [0.5, 0.6) is 11.5 Å². The van der Waals surface area contributed by atoms with Crippen LogP contribution in [0.1, 0.15) is 31.7 Å². The third-order valence-electron chi connectivity index (χ3n) is 4.69. The Hall–Kier alpha value is -3.02. The lowest BCUT2D eigenvalue weighted by atomic mass is 10.1. The topological polar surface area (TPSA) is 67.9 Å². The Kier molecular flexibility index (Phi) is 9.02. The smallest absolute Gasteiger partial charge is 0.242 e. The molecular formula is C23H30N2O4. The molecular weight excluding hydrogens is 368 g/mol. The number of hydrogen-bond donors (Lipinski definition) is 1. The predicted molar refractivity (Wildman–Crippen MR) is 113 cm³/mol. The average molecular weight is 399 g/mol. The minimum atomic E-state index is -0.510. The summed E-state index contributed by atoms with van der Waals surface area (Å²) < 4.78 is 10.9. The Morgan fingerprint density at radius 2 is 1.72 bits per heavy atom. The van der Waals surface area contributed by atoms with Crippen molar-refractivity contribution in [3.05, 3.63) is 60.2 Å². The zero-order chi connectivity index (χ0) is 21.1. The van der Waals surface area contributed by atoms with Gasteiger partial charge in [-0.25, -0.2) is 0 Å². The molecule has 6 nitrogen and oxygen atoms in total. The lowest BCUT2D eigenvalue weighted by Crippen LogP contribution is -2.48. The van der Waals surface area contributed by atoms with Crippen molar-refractivity contribution in [2.24, 2.45) is 0 Å². The van der Waals surface area contributed by atoms with Crippen LogP contribution >= 0.6 is 0 Å². The van der Waals surface area contributed by atoms with Gasteiger partial charge < -0.3 is 19.7 Å². The number of carbonyl (C=O) groups is 2. The number of carbonyl (C=O) groups excluding carboxylic acids is 2. The Balaban J connectivity index is 2.02. The molecule has 0 aliphatic carbocycles. The molecule has 0 heterocycles. The summed E-state index contributed by atoms with van der Waals surface area (Å²) in [6.45, 7) is 2.73. The van der Waals surface area contributed by atoms with E-state index in [0.717, 1.165) is 17.1 Å². The molecule has 1 N–H and O–H groups in total. The Morgan fingerprint density at radius 1 is 1.03 bits per heavy atom. The fraction of sp³-hybridized carbons (Fsp3) is 0.391. The highest BCUT2D eigenvalue weighted by molar-refractivity contribution is 5.87. The Bertz CT molecular complexity index is 762. The summed E-state index contributed by atoms with van der Waals surface area (Å²) in [6, 6.07) is 16.5. The number of hydrogen-bond acceptors (Lipinski definition) is 4. The molecule has 0 spiro atoms. The van der Waals surface area contributed by atoms with Gasteiger partial charge in [-0.3, -0.25) is 9.59 Å². The van der Waals surface area contributed by atoms with Crippen molar-refractivity contribution in [1.82, 2.24) is 10.2 Å². The molecule has 0 saturated carbocycles. The van der Waals surface area contributed by atoms with E-state index in [0.29, 0.717) is 32.4 Å². The SMILES string of the molecule is CC[C@@H](C(=O)NC)N(Cc1ccc(OC)cc1)C(=O)CCCOc1ccccc1. The molecule has 1 atom stereocenters. The van der Waals surface area contributed by atoms with E-state index in [-0.39, 0.29) is 11.8 Å². The molecule has 0 fully saturated rings. The van der Waals surface area contributed by atoms with Crippen LogP contribution in [-0.2, 0) is 16.1 Å². The molecule has 6 heteroatoms. The first kappa shape index (κ1) is 22.3. The van der Waals surface area contributed by atoms with Crippen molar-refractivity contribution in [2.45, 2.75) is 38.8 Å². The maximum atomic E-state index is 13.0. The van der Waals surface area contributed by atoms with Crippen molar-refractivity contribution in [2.75, 3.05) is 20.8 Å². The molecule has 0 bridgehead atoms. The monoisotopic (exact) mass is 398 g/mol. The van der Waals surface area contributed by atoms with E-state index in [1.165, 1.54) is 0 Å². The van der Waals surface area contributed by atoms with Gasteiger partial charge in [-0.1, -0.05) is 37.3 Å². The van der Waals surface area contributed by atoms with Crippen LogP contribution in [0.15, 0.2) is 54.6 Å². The molecule has 2 amide bonds. The minimum Gasteiger partial charge on any atom is -0.497 e. The van der Waals surface area contributed by atoms with Gasteiger partial charge in [0.2, 0.25) is 11.8 Å². The summed E-state index contributed by atoms with van der Waals surface area (Å²) >= 11 is 0. The number of ether oxygens (including phenoxy) is 2. The van der Waals surface area contributed by atoms with Gasteiger partial charge in [-0.2, -0.15) is 0 Å². The lowest BCUT2D eigenvalue weighted by molar-refractivity contribution is -0.141. The van der Waals surface area contributed by atoms with E-state index in [2.05, 4.69) is 5.32 Å². The number of likely N-dealkylation sites (N-methyl/N-ethyl adjacent to an activating group) is 1. The molecule has 2 rings (SSSR count). The highest BCUT2D eigenvalue weighted by Gasteiger charge is 2.27. The third kappa shape index (κ3) is 6.82. The molecule has 0 aliphatic heterocycles. The highest BCUT2D eigenvalue weighted by atomic mass is 16.5. The average Bonchev–Trinajstić information content (AvgIpc) is 2.77. The molecule has 0 unspecified atom stereocenters. The van der Waals surface area contributed by atoms with Gasteiger partial charge in [0.1, 0.15) is 17.5 Å². The van der Waals surface area contributed by atoms with Crippen molar-refractivity contribution < 1.29 is 19.1 Å². The lowest BCUT2D eigenvalue weighted by Gasteiger charge is -2.30. The summed E-state index contributed by atoms with van der Waals surface area (Å²) in [5, 5.41) is 2.67. The summed E-state index contributed by atoms with van der Waals surface area (Å²) in [6.07, 6.45) is 1.44. The number of amides is 2.